The number of amides is 1. The number of aromatic nitrogens is 3. The second-order valence-electron chi connectivity index (χ2n) is 6.29. The number of aryl methyl sites for hydroxylation is 1. The molecule has 4 rings (SSSR count). The van der Waals surface area contributed by atoms with E-state index in [-0.39, 0.29) is 16.3 Å². The fourth-order valence-corrected chi connectivity index (χ4v) is 3.28. The number of imidazole rings is 1. The number of non-ortho nitro benzene ring substituents is 1. The molecule has 0 radical (unpaired) electrons. The van der Waals surface area contributed by atoms with Gasteiger partial charge in [0.2, 0.25) is 5.78 Å². The SMILES string of the molecule is Cc1c(-c2cccc(NC(=O)c3ccc([N+](=O)[O-])cc3Cl)c2)nc2ncccn12. The van der Waals surface area contributed by atoms with Crippen LogP contribution in [0.5, 0.6) is 0 Å². The van der Waals surface area contributed by atoms with E-state index in [2.05, 4.69) is 15.3 Å². The Balaban J connectivity index is 1.63. The van der Waals surface area contributed by atoms with Gasteiger partial charge in [-0.1, -0.05) is 23.7 Å². The van der Waals surface area contributed by atoms with E-state index >= 15 is 0 Å². The lowest BCUT2D eigenvalue weighted by Gasteiger charge is -2.08. The van der Waals surface area contributed by atoms with Crippen LogP contribution < -0.4 is 5.32 Å². The Morgan fingerprint density at radius 2 is 2.03 bits per heavy atom. The minimum Gasteiger partial charge on any atom is -0.322 e. The van der Waals surface area contributed by atoms with Gasteiger partial charge in [0.05, 0.1) is 21.2 Å². The zero-order valence-electron chi connectivity index (χ0n) is 15.2. The summed E-state index contributed by atoms with van der Waals surface area (Å²) in [6.45, 7) is 1.94. The maximum absolute atomic E-state index is 12.6. The maximum atomic E-state index is 12.6. The van der Waals surface area contributed by atoms with Gasteiger partial charge >= 0.3 is 0 Å². The first-order chi connectivity index (χ1) is 13.9. The van der Waals surface area contributed by atoms with E-state index in [1.165, 1.54) is 12.1 Å². The Kier molecular flexibility index (Phi) is 4.69. The molecular formula is C20H14ClN5O3. The van der Waals surface area contributed by atoms with Crippen molar-refractivity contribution in [1.82, 2.24) is 14.4 Å². The normalized spacial score (nSPS) is 10.8. The molecule has 0 aliphatic heterocycles. The average molecular weight is 408 g/mol. The standard InChI is InChI=1S/C20H14ClN5O3/c1-12-18(24-20-22-8-3-9-25(12)20)13-4-2-5-14(10-13)23-19(27)16-7-6-15(26(28)29)11-17(16)21/h2-11H,1H3,(H,23,27). The number of anilines is 1. The van der Waals surface area contributed by atoms with Crippen molar-refractivity contribution < 1.29 is 9.72 Å². The number of fused-ring (bicyclic) bond motifs is 1. The first-order valence-electron chi connectivity index (χ1n) is 8.59. The molecule has 0 unspecified atom stereocenters. The van der Waals surface area contributed by atoms with Gasteiger partial charge in [0.1, 0.15) is 0 Å². The molecule has 0 aliphatic carbocycles. The van der Waals surface area contributed by atoms with Crippen molar-refractivity contribution in [1.29, 1.82) is 0 Å². The second-order valence-corrected chi connectivity index (χ2v) is 6.70. The summed E-state index contributed by atoms with van der Waals surface area (Å²) in [6.07, 6.45) is 3.56. The van der Waals surface area contributed by atoms with Crippen LogP contribution in [0.2, 0.25) is 5.02 Å². The van der Waals surface area contributed by atoms with Gasteiger partial charge in [0, 0.05) is 41.5 Å². The Labute approximate surface area is 170 Å². The summed E-state index contributed by atoms with van der Waals surface area (Å²) < 4.78 is 1.89. The first-order valence-corrected chi connectivity index (χ1v) is 8.97. The van der Waals surface area contributed by atoms with Gasteiger partial charge in [0.25, 0.3) is 11.6 Å². The minimum atomic E-state index is -0.566. The molecule has 8 nitrogen and oxygen atoms in total. The first kappa shape index (κ1) is 18.6. The molecule has 1 N–H and O–H groups in total. The Morgan fingerprint density at radius 1 is 1.21 bits per heavy atom. The largest absolute Gasteiger partial charge is 0.322 e. The highest BCUT2D eigenvalue weighted by Gasteiger charge is 2.16. The minimum absolute atomic E-state index is 0.00937. The summed E-state index contributed by atoms with van der Waals surface area (Å²) >= 11 is 6.04. The number of halogens is 1. The number of nitro benzene ring substituents is 1. The van der Waals surface area contributed by atoms with Crippen LogP contribution >= 0.6 is 11.6 Å². The molecule has 0 aliphatic rings. The van der Waals surface area contributed by atoms with Crippen LogP contribution in [0, 0.1) is 17.0 Å². The molecule has 0 saturated heterocycles. The van der Waals surface area contributed by atoms with E-state index in [1.807, 2.05) is 29.7 Å². The number of nitrogens with one attached hydrogen (secondary N) is 1. The topological polar surface area (TPSA) is 102 Å². The van der Waals surface area contributed by atoms with Crippen molar-refractivity contribution in [3.63, 3.8) is 0 Å². The van der Waals surface area contributed by atoms with E-state index in [4.69, 9.17) is 11.6 Å². The van der Waals surface area contributed by atoms with E-state index < -0.39 is 10.8 Å². The Hall–Kier alpha value is -3.78. The number of hydrogen-bond donors (Lipinski definition) is 1. The molecule has 0 fully saturated rings. The van der Waals surface area contributed by atoms with Gasteiger partial charge in [-0.05, 0) is 31.2 Å². The molecule has 0 saturated carbocycles. The number of carbonyl (C=O) groups is 1. The van der Waals surface area contributed by atoms with Gasteiger partial charge in [-0.25, -0.2) is 9.97 Å². The van der Waals surface area contributed by atoms with Crippen LogP contribution in [0.25, 0.3) is 17.0 Å². The zero-order chi connectivity index (χ0) is 20.5. The quantitative estimate of drug-likeness (QED) is 0.395. The van der Waals surface area contributed by atoms with Gasteiger partial charge in [-0.3, -0.25) is 19.3 Å². The number of benzene rings is 2. The molecule has 29 heavy (non-hydrogen) atoms. The lowest BCUT2D eigenvalue weighted by molar-refractivity contribution is -0.384. The van der Waals surface area contributed by atoms with Crippen molar-refractivity contribution in [3.05, 3.63) is 87.3 Å². The summed E-state index contributed by atoms with van der Waals surface area (Å²) in [7, 11) is 0. The number of nitrogens with zero attached hydrogens (tertiary/aromatic N) is 4. The predicted molar refractivity (Wildman–Crippen MR) is 109 cm³/mol. The van der Waals surface area contributed by atoms with Gasteiger partial charge < -0.3 is 5.32 Å². The van der Waals surface area contributed by atoms with Gasteiger partial charge in [0.15, 0.2) is 0 Å². The summed E-state index contributed by atoms with van der Waals surface area (Å²) in [6, 6.07) is 12.8. The smallest absolute Gasteiger partial charge is 0.270 e. The van der Waals surface area contributed by atoms with Gasteiger partial charge in [-0.15, -0.1) is 0 Å². The van der Waals surface area contributed by atoms with E-state index in [0.717, 1.165) is 23.0 Å². The molecule has 1 amide bonds. The molecule has 0 bridgehead atoms. The average Bonchev–Trinajstić information content (AvgIpc) is 3.05. The van der Waals surface area contributed by atoms with Crippen LogP contribution in [0.3, 0.4) is 0 Å². The van der Waals surface area contributed by atoms with Crippen LogP contribution in [0.15, 0.2) is 60.9 Å². The molecule has 144 valence electrons. The highest BCUT2D eigenvalue weighted by Crippen LogP contribution is 2.27. The Morgan fingerprint density at radius 3 is 2.76 bits per heavy atom. The number of rotatable bonds is 4. The van der Waals surface area contributed by atoms with Crippen molar-refractivity contribution in [2.75, 3.05) is 5.32 Å². The highest BCUT2D eigenvalue weighted by molar-refractivity contribution is 6.34. The molecule has 9 heteroatoms. The lowest BCUT2D eigenvalue weighted by Crippen LogP contribution is -2.12. The molecule has 2 heterocycles. The van der Waals surface area contributed by atoms with Crippen LogP contribution in [0.1, 0.15) is 16.1 Å². The monoisotopic (exact) mass is 407 g/mol. The van der Waals surface area contributed by atoms with Crippen LogP contribution in [0.4, 0.5) is 11.4 Å². The highest BCUT2D eigenvalue weighted by atomic mass is 35.5. The fraction of sp³-hybridized carbons (Fsp3) is 0.0500. The van der Waals surface area contributed by atoms with E-state index in [0.29, 0.717) is 11.5 Å². The lowest BCUT2D eigenvalue weighted by atomic mass is 10.1. The third-order valence-corrected chi connectivity index (χ3v) is 4.76. The number of carbonyl (C=O) groups excluding carboxylic acids is 1. The molecule has 0 atom stereocenters. The second kappa shape index (κ2) is 7.33. The molecule has 2 aromatic carbocycles. The predicted octanol–water partition coefficient (Wildman–Crippen LogP) is 4.52. The molecular weight excluding hydrogens is 394 g/mol. The van der Waals surface area contributed by atoms with Gasteiger partial charge in [-0.2, -0.15) is 0 Å². The van der Waals surface area contributed by atoms with E-state index in [1.54, 1.807) is 24.4 Å². The zero-order valence-corrected chi connectivity index (χ0v) is 15.9. The van der Waals surface area contributed by atoms with Crippen molar-refractivity contribution >= 4 is 34.7 Å². The van der Waals surface area contributed by atoms with Crippen molar-refractivity contribution in [2.24, 2.45) is 0 Å². The molecule has 4 aromatic rings. The summed E-state index contributed by atoms with van der Waals surface area (Å²) in [5, 5.41) is 13.6. The fourth-order valence-electron chi connectivity index (χ4n) is 3.02. The third-order valence-electron chi connectivity index (χ3n) is 4.44. The number of nitro groups is 1. The van der Waals surface area contributed by atoms with Crippen molar-refractivity contribution in [3.8, 4) is 11.3 Å². The summed E-state index contributed by atoms with van der Waals surface area (Å²) in [5.41, 5.74) is 3.02. The van der Waals surface area contributed by atoms with Crippen LogP contribution in [-0.2, 0) is 0 Å². The third kappa shape index (κ3) is 3.53. The summed E-state index contributed by atoms with van der Waals surface area (Å²) in [5.74, 6) is 0.127. The van der Waals surface area contributed by atoms with E-state index in [9.17, 15) is 14.9 Å². The van der Waals surface area contributed by atoms with Crippen LogP contribution in [-0.4, -0.2) is 25.2 Å². The molecule has 0 spiro atoms. The Bertz CT molecular complexity index is 1270. The number of hydrogen-bond acceptors (Lipinski definition) is 5. The summed E-state index contributed by atoms with van der Waals surface area (Å²) in [4.78, 5) is 31.6. The molecule has 2 aromatic heterocycles. The maximum Gasteiger partial charge on any atom is 0.270 e. The van der Waals surface area contributed by atoms with Crippen molar-refractivity contribution in [2.45, 2.75) is 6.92 Å².